The summed E-state index contributed by atoms with van der Waals surface area (Å²) in [5.74, 6) is 0.214. The normalized spacial score (nSPS) is 19.1. The van der Waals surface area contributed by atoms with Gasteiger partial charge in [0.05, 0.1) is 13.0 Å². The van der Waals surface area contributed by atoms with Gasteiger partial charge in [-0.1, -0.05) is 30.7 Å². The molecule has 0 radical (unpaired) electrons. The second kappa shape index (κ2) is 10.9. The highest BCUT2D eigenvalue weighted by atomic mass is 35.5. The molecule has 0 aromatic heterocycles. The van der Waals surface area contributed by atoms with Crippen LogP contribution in [-0.4, -0.2) is 41.0 Å². The van der Waals surface area contributed by atoms with E-state index in [4.69, 9.17) is 16.3 Å². The topological polar surface area (TPSA) is 66.8 Å². The molecule has 0 amide bonds. The monoisotopic (exact) mass is 511 g/mol. The number of ketones is 1. The quantitative estimate of drug-likeness (QED) is 0.290. The van der Waals surface area contributed by atoms with E-state index in [2.05, 4.69) is 18.7 Å². The van der Waals surface area contributed by atoms with Crippen molar-refractivity contribution < 1.29 is 19.4 Å². The summed E-state index contributed by atoms with van der Waals surface area (Å²) in [6.07, 6.45) is 5.22. The van der Waals surface area contributed by atoms with Crippen LogP contribution in [0.25, 0.3) is 0 Å². The van der Waals surface area contributed by atoms with Gasteiger partial charge in [-0.15, -0.1) is 0 Å². The smallest absolute Gasteiger partial charge is 0.309 e. The number of phenolic OH excluding ortho intramolecular Hbond substituents is 1. The standard InChI is InChI=1S/C30H38ClNO4/c1-19(29(35)36-4)28(21-7-8-21)22-9-6-20(27(34)17-22)10-13-26(33)25-12-11-24(31)16-23(25)18-32-15-5-14-30(32,2)3/h6,9,11-12,16-17,19,21,28,34H,5,7-8,10,13-15,18H2,1-4H3/t19-,28-/m0/s1. The van der Waals surface area contributed by atoms with Crippen molar-refractivity contribution in [3.63, 3.8) is 0 Å². The van der Waals surface area contributed by atoms with E-state index in [0.29, 0.717) is 35.9 Å². The Hall–Kier alpha value is -2.37. The summed E-state index contributed by atoms with van der Waals surface area (Å²) in [5, 5.41) is 11.4. The molecule has 1 heterocycles. The summed E-state index contributed by atoms with van der Waals surface area (Å²) in [7, 11) is 1.42. The number of Topliss-reactive ketones (excluding diaryl/α,β-unsaturated/α-hetero) is 1. The van der Waals surface area contributed by atoms with Gasteiger partial charge in [0.1, 0.15) is 5.75 Å². The lowest BCUT2D eigenvalue weighted by atomic mass is 9.82. The summed E-state index contributed by atoms with van der Waals surface area (Å²) >= 11 is 6.30. The number of rotatable bonds is 10. The lowest BCUT2D eigenvalue weighted by Gasteiger charge is -2.32. The van der Waals surface area contributed by atoms with Gasteiger partial charge in [0.2, 0.25) is 0 Å². The number of nitrogens with zero attached hydrogens (tertiary/aromatic N) is 1. The first-order valence-electron chi connectivity index (χ1n) is 13.1. The molecule has 0 spiro atoms. The van der Waals surface area contributed by atoms with Crippen molar-refractivity contribution in [3.8, 4) is 5.75 Å². The summed E-state index contributed by atoms with van der Waals surface area (Å²) < 4.78 is 4.97. The van der Waals surface area contributed by atoms with Crippen molar-refractivity contribution in [2.24, 2.45) is 11.8 Å². The first-order valence-corrected chi connectivity index (χ1v) is 13.4. The molecule has 2 aromatic carbocycles. The molecular formula is C30H38ClNO4. The minimum absolute atomic E-state index is 0.0329. The summed E-state index contributed by atoms with van der Waals surface area (Å²) in [4.78, 5) is 27.9. The molecule has 0 bridgehead atoms. The average Bonchev–Trinajstić information content (AvgIpc) is 3.61. The van der Waals surface area contributed by atoms with Crippen LogP contribution in [0.1, 0.15) is 85.8 Å². The highest BCUT2D eigenvalue weighted by Gasteiger charge is 2.39. The number of ether oxygens (including phenoxy) is 1. The van der Waals surface area contributed by atoms with Gasteiger partial charge in [0, 0.05) is 29.1 Å². The Morgan fingerprint density at radius 2 is 1.92 bits per heavy atom. The summed E-state index contributed by atoms with van der Waals surface area (Å²) in [6.45, 7) is 8.11. The van der Waals surface area contributed by atoms with E-state index in [1.165, 1.54) is 7.11 Å². The molecule has 36 heavy (non-hydrogen) atoms. The van der Waals surface area contributed by atoms with Crippen molar-refractivity contribution in [1.29, 1.82) is 0 Å². The fourth-order valence-corrected chi connectivity index (χ4v) is 5.96. The number of hydrogen-bond donors (Lipinski definition) is 1. The first-order chi connectivity index (χ1) is 17.1. The Morgan fingerprint density at radius 3 is 2.53 bits per heavy atom. The number of methoxy groups -OCH3 is 1. The fourth-order valence-electron chi connectivity index (χ4n) is 5.77. The van der Waals surface area contributed by atoms with Crippen molar-refractivity contribution in [3.05, 3.63) is 63.7 Å². The first kappa shape index (κ1) is 26.7. The van der Waals surface area contributed by atoms with Gasteiger partial charge >= 0.3 is 5.97 Å². The Balaban J connectivity index is 1.46. The molecule has 194 valence electrons. The molecule has 2 aliphatic rings. The predicted octanol–water partition coefficient (Wildman–Crippen LogP) is 6.54. The third-order valence-electron chi connectivity index (χ3n) is 8.16. The number of benzene rings is 2. The van der Waals surface area contributed by atoms with Crippen LogP contribution >= 0.6 is 11.6 Å². The highest BCUT2D eigenvalue weighted by Crippen LogP contribution is 2.47. The molecule has 1 saturated carbocycles. The van der Waals surface area contributed by atoms with Crippen molar-refractivity contribution >= 4 is 23.4 Å². The molecule has 2 aromatic rings. The molecule has 2 atom stereocenters. The van der Waals surface area contributed by atoms with Crippen LogP contribution in [0.15, 0.2) is 36.4 Å². The number of aryl methyl sites for hydroxylation is 1. The number of carbonyl (C=O) groups excluding carboxylic acids is 2. The zero-order valence-electron chi connectivity index (χ0n) is 21.9. The summed E-state index contributed by atoms with van der Waals surface area (Å²) in [5.41, 5.74) is 3.48. The number of carbonyl (C=O) groups is 2. The average molecular weight is 512 g/mol. The molecule has 1 aliphatic carbocycles. The van der Waals surface area contributed by atoms with Gasteiger partial charge in [0.15, 0.2) is 5.78 Å². The largest absolute Gasteiger partial charge is 0.508 e. The number of likely N-dealkylation sites (tertiary alicyclic amines) is 1. The van der Waals surface area contributed by atoms with Crippen LogP contribution in [0.5, 0.6) is 5.75 Å². The Morgan fingerprint density at radius 1 is 1.17 bits per heavy atom. The SMILES string of the molecule is COC(=O)[C@@H](C)[C@H](c1ccc(CCC(=O)c2ccc(Cl)cc2CN2CCCC2(C)C)c(O)c1)C1CC1. The lowest BCUT2D eigenvalue weighted by Crippen LogP contribution is -2.37. The minimum atomic E-state index is -0.266. The molecule has 1 aliphatic heterocycles. The van der Waals surface area contributed by atoms with Crippen molar-refractivity contribution in [2.45, 2.75) is 77.3 Å². The molecule has 0 unspecified atom stereocenters. The maximum Gasteiger partial charge on any atom is 0.309 e. The molecule has 5 nitrogen and oxygen atoms in total. The maximum atomic E-state index is 13.3. The second-order valence-electron chi connectivity index (χ2n) is 11.1. The van der Waals surface area contributed by atoms with Crippen LogP contribution in [0.4, 0.5) is 0 Å². The third-order valence-corrected chi connectivity index (χ3v) is 8.39. The van der Waals surface area contributed by atoms with Crippen LogP contribution in [0.2, 0.25) is 5.02 Å². The zero-order chi connectivity index (χ0) is 26.0. The molecule has 2 fully saturated rings. The van der Waals surface area contributed by atoms with E-state index in [0.717, 1.165) is 48.9 Å². The number of phenols is 1. The predicted molar refractivity (Wildman–Crippen MR) is 143 cm³/mol. The Bertz CT molecular complexity index is 1120. The van der Waals surface area contributed by atoms with Gasteiger partial charge in [-0.2, -0.15) is 0 Å². The van der Waals surface area contributed by atoms with Gasteiger partial charge in [-0.3, -0.25) is 14.5 Å². The van der Waals surface area contributed by atoms with E-state index in [1.807, 2.05) is 31.2 Å². The van der Waals surface area contributed by atoms with E-state index in [1.54, 1.807) is 12.1 Å². The lowest BCUT2D eigenvalue weighted by molar-refractivity contribution is -0.145. The minimum Gasteiger partial charge on any atom is -0.508 e. The van der Waals surface area contributed by atoms with Gasteiger partial charge < -0.3 is 9.84 Å². The van der Waals surface area contributed by atoms with Crippen LogP contribution < -0.4 is 0 Å². The number of halogens is 1. The molecule has 4 rings (SSSR count). The van der Waals surface area contributed by atoms with Crippen molar-refractivity contribution in [1.82, 2.24) is 4.90 Å². The Labute approximate surface area is 219 Å². The molecular weight excluding hydrogens is 474 g/mol. The van der Waals surface area contributed by atoms with E-state index >= 15 is 0 Å². The summed E-state index contributed by atoms with van der Waals surface area (Å²) in [6, 6.07) is 11.2. The van der Waals surface area contributed by atoms with Gasteiger partial charge in [-0.05, 0) is 105 Å². The van der Waals surface area contributed by atoms with E-state index in [9.17, 15) is 14.7 Å². The van der Waals surface area contributed by atoms with E-state index in [-0.39, 0.29) is 34.9 Å². The van der Waals surface area contributed by atoms with Gasteiger partial charge in [0.25, 0.3) is 0 Å². The van der Waals surface area contributed by atoms with Crippen LogP contribution in [0.3, 0.4) is 0 Å². The Kier molecular flexibility index (Phi) is 8.11. The van der Waals surface area contributed by atoms with E-state index < -0.39 is 0 Å². The number of aromatic hydroxyl groups is 1. The highest BCUT2D eigenvalue weighted by molar-refractivity contribution is 6.30. The van der Waals surface area contributed by atoms with Crippen LogP contribution in [0, 0.1) is 11.8 Å². The molecule has 1 saturated heterocycles. The zero-order valence-corrected chi connectivity index (χ0v) is 22.6. The third kappa shape index (κ3) is 5.95. The molecule has 1 N–H and O–H groups in total. The fraction of sp³-hybridized carbons (Fsp3) is 0.533. The number of esters is 1. The maximum absolute atomic E-state index is 13.3. The van der Waals surface area contributed by atoms with Crippen molar-refractivity contribution in [2.75, 3.05) is 13.7 Å². The second-order valence-corrected chi connectivity index (χ2v) is 11.6. The number of hydrogen-bond acceptors (Lipinski definition) is 5. The van der Waals surface area contributed by atoms with Gasteiger partial charge in [-0.25, -0.2) is 0 Å². The van der Waals surface area contributed by atoms with Crippen LogP contribution in [-0.2, 0) is 22.5 Å². The molecule has 6 heteroatoms.